The van der Waals surface area contributed by atoms with Gasteiger partial charge in [-0.05, 0) is 13.0 Å². The van der Waals surface area contributed by atoms with Gasteiger partial charge in [0.1, 0.15) is 0 Å². The first-order valence-electron chi connectivity index (χ1n) is 8.09. The topological polar surface area (TPSA) is 64.4 Å². The van der Waals surface area contributed by atoms with Gasteiger partial charge in [-0.3, -0.25) is 4.79 Å². The van der Waals surface area contributed by atoms with Gasteiger partial charge in [-0.2, -0.15) is 0 Å². The number of thiophene rings is 1. The minimum absolute atomic E-state index is 0.0125. The van der Waals surface area contributed by atoms with Gasteiger partial charge in [-0.1, -0.05) is 30.3 Å². The summed E-state index contributed by atoms with van der Waals surface area (Å²) in [6, 6.07) is 11.9. The number of hydrogen-bond acceptors (Lipinski definition) is 5. The zero-order chi connectivity index (χ0) is 17.6. The van der Waals surface area contributed by atoms with Crippen molar-refractivity contribution in [2.75, 3.05) is 19.8 Å². The SMILES string of the molecule is CC(=O)c1cc(-c2c(-c3ccccc3)ncn2CCOCCO)cs1. The molecule has 3 rings (SSSR count). The number of Topliss-reactive ketones (excluding diaryl/α,β-unsaturated/α-hetero) is 1. The number of ketones is 1. The first-order valence-corrected chi connectivity index (χ1v) is 8.97. The van der Waals surface area contributed by atoms with Crippen LogP contribution in [-0.2, 0) is 11.3 Å². The Morgan fingerprint density at radius 2 is 2.04 bits per heavy atom. The van der Waals surface area contributed by atoms with Crippen LogP contribution in [0.5, 0.6) is 0 Å². The fourth-order valence-corrected chi connectivity index (χ4v) is 3.43. The van der Waals surface area contributed by atoms with Crippen LogP contribution in [0.2, 0.25) is 0 Å². The first-order chi connectivity index (χ1) is 12.2. The monoisotopic (exact) mass is 356 g/mol. The van der Waals surface area contributed by atoms with Gasteiger partial charge in [0.05, 0.1) is 42.4 Å². The quantitative estimate of drug-likeness (QED) is 0.496. The molecule has 2 aromatic heterocycles. The number of carbonyl (C=O) groups excluding carboxylic acids is 1. The number of rotatable bonds is 8. The van der Waals surface area contributed by atoms with Gasteiger partial charge in [0.25, 0.3) is 0 Å². The van der Waals surface area contributed by atoms with E-state index in [4.69, 9.17) is 9.84 Å². The molecule has 0 aliphatic heterocycles. The van der Waals surface area contributed by atoms with Crippen molar-refractivity contribution in [2.24, 2.45) is 0 Å². The van der Waals surface area contributed by atoms with Crippen molar-refractivity contribution < 1.29 is 14.6 Å². The third-order valence-electron chi connectivity index (χ3n) is 3.82. The van der Waals surface area contributed by atoms with Crippen LogP contribution in [0.3, 0.4) is 0 Å². The number of hydrogen-bond donors (Lipinski definition) is 1. The second-order valence-corrected chi connectivity index (χ2v) is 6.50. The summed E-state index contributed by atoms with van der Waals surface area (Å²) in [7, 11) is 0. The highest BCUT2D eigenvalue weighted by Crippen LogP contribution is 2.34. The minimum Gasteiger partial charge on any atom is -0.394 e. The molecule has 0 aliphatic carbocycles. The van der Waals surface area contributed by atoms with Crippen molar-refractivity contribution in [1.82, 2.24) is 9.55 Å². The molecule has 1 aromatic carbocycles. The molecule has 0 aliphatic rings. The average molecular weight is 356 g/mol. The molecule has 2 heterocycles. The molecule has 6 heteroatoms. The first kappa shape index (κ1) is 17.5. The molecule has 0 saturated heterocycles. The predicted molar refractivity (Wildman–Crippen MR) is 98.9 cm³/mol. The normalized spacial score (nSPS) is 11.0. The van der Waals surface area contributed by atoms with E-state index in [0.717, 1.165) is 27.4 Å². The van der Waals surface area contributed by atoms with Crippen LogP contribution in [0, 0.1) is 0 Å². The van der Waals surface area contributed by atoms with Gasteiger partial charge in [0.15, 0.2) is 5.78 Å². The van der Waals surface area contributed by atoms with Crippen LogP contribution in [0.15, 0.2) is 48.1 Å². The molecule has 0 bridgehead atoms. The molecule has 0 atom stereocenters. The van der Waals surface area contributed by atoms with E-state index in [1.54, 1.807) is 13.3 Å². The van der Waals surface area contributed by atoms with Crippen LogP contribution in [0.1, 0.15) is 16.6 Å². The summed E-state index contributed by atoms with van der Waals surface area (Å²) >= 11 is 1.45. The van der Waals surface area contributed by atoms with Gasteiger partial charge in [0.2, 0.25) is 0 Å². The molecule has 5 nitrogen and oxygen atoms in total. The molecule has 0 radical (unpaired) electrons. The predicted octanol–water partition coefficient (Wildman–Crippen LogP) is 3.49. The van der Waals surface area contributed by atoms with Gasteiger partial charge in [-0.25, -0.2) is 4.98 Å². The van der Waals surface area contributed by atoms with Crippen LogP contribution in [0.4, 0.5) is 0 Å². The van der Waals surface area contributed by atoms with Crippen LogP contribution >= 0.6 is 11.3 Å². The van der Waals surface area contributed by atoms with Gasteiger partial charge >= 0.3 is 0 Å². The number of aliphatic hydroxyl groups is 1. The van der Waals surface area contributed by atoms with Crippen molar-refractivity contribution in [1.29, 1.82) is 0 Å². The third kappa shape index (κ3) is 4.04. The number of aromatic nitrogens is 2. The molecule has 0 fully saturated rings. The number of carbonyl (C=O) groups is 1. The zero-order valence-corrected chi connectivity index (χ0v) is 14.8. The molecule has 3 aromatic rings. The van der Waals surface area contributed by atoms with E-state index in [-0.39, 0.29) is 12.4 Å². The lowest BCUT2D eigenvalue weighted by Crippen LogP contribution is -2.08. The lowest BCUT2D eigenvalue weighted by Gasteiger charge is -2.09. The molecule has 0 saturated carbocycles. The Hall–Kier alpha value is -2.28. The summed E-state index contributed by atoms with van der Waals surface area (Å²) in [5, 5.41) is 10.8. The van der Waals surface area contributed by atoms with E-state index in [2.05, 4.69) is 4.98 Å². The number of ether oxygens (including phenoxy) is 1. The van der Waals surface area contributed by atoms with Crippen molar-refractivity contribution in [2.45, 2.75) is 13.5 Å². The average Bonchev–Trinajstić information content (AvgIpc) is 3.26. The van der Waals surface area contributed by atoms with Crippen LogP contribution in [0.25, 0.3) is 22.5 Å². The molecule has 130 valence electrons. The van der Waals surface area contributed by atoms with E-state index < -0.39 is 0 Å². The highest BCUT2D eigenvalue weighted by atomic mass is 32.1. The summed E-state index contributed by atoms with van der Waals surface area (Å²) in [6.07, 6.45) is 1.80. The van der Waals surface area contributed by atoms with Crippen molar-refractivity contribution in [3.63, 3.8) is 0 Å². The van der Waals surface area contributed by atoms with E-state index in [1.807, 2.05) is 46.3 Å². The Kier molecular flexibility index (Phi) is 5.75. The lowest BCUT2D eigenvalue weighted by atomic mass is 10.1. The molecule has 0 spiro atoms. The summed E-state index contributed by atoms with van der Waals surface area (Å²) in [6.45, 7) is 3.02. The maximum atomic E-state index is 11.7. The zero-order valence-electron chi connectivity index (χ0n) is 14.0. The van der Waals surface area contributed by atoms with Gasteiger partial charge < -0.3 is 14.4 Å². The van der Waals surface area contributed by atoms with Crippen LogP contribution < -0.4 is 0 Å². The Bertz CT molecular complexity index is 839. The Balaban J connectivity index is 1.98. The van der Waals surface area contributed by atoms with E-state index >= 15 is 0 Å². The van der Waals surface area contributed by atoms with E-state index in [0.29, 0.717) is 19.8 Å². The fourth-order valence-electron chi connectivity index (χ4n) is 2.64. The fraction of sp³-hybridized carbons (Fsp3) is 0.263. The van der Waals surface area contributed by atoms with Crippen molar-refractivity contribution >= 4 is 17.1 Å². The summed E-state index contributed by atoms with van der Waals surface area (Å²) in [5.74, 6) is 0.0647. The van der Waals surface area contributed by atoms with E-state index in [9.17, 15) is 4.79 Å². The molecule has 25 heavy (non-hydrogen) atoms. The molecule has 1 N–H and O–H groups in total. The van der Waals surface area contributed by atoms with Crippen LogP contribution in [-0.4, -0.2) is 40.3 Å². The molecular formula is C19H20N2O3S. The third-order valence-corrected chi connectivity index (χ3v) is 4.85. The molecule has 0 unspecified atom stereocenters. The molecule has 0 amide bonds. The Morgan fingerprint density at radius 1 is 1.24 bits per heavy atom. The standard InChI is InChI=1S/C19H20N2O3S/c1-14(23)17-11-16(12-25-17)19-18(15-5-3-2-4-6-15)20-13-21(19)7-9-24-10-8-22/h2-6,11-13,22H,7-10H2,1H3. The number of aliphatic hydroxyl groups excluding tert-OH is 1. The van der Waals surface area contributed by atoms with Gasteiger partial charge in [0, 0.05) is 23.1 Å². The summed E-state index contributed by atoms with van der Waals surface area (Å²) in [5.41, 5.74) is 3.87. The summed E-state index contributed by atoms with van der Waals surface area (Å²) in [4.78, 5) is 17.0. The van der Waals surface area contributed by atoms with E-state index in [1.165, 1.54) is 11.3 Å². The number of nitrogens with zero attached hydrogens (tertiary/aromatic N) is 2. The van der Waals surface area contributed by atoms with Gasteiger partial charge in [-0.15, -0.1) is 11.3 Å². The number of benzene rings is 1. The maximum absolute atomic E-state index is 11.7. The lowest BCUT2D eigenvalue weighted by molar-refractivity contribution is 0.0872. The highest BCUT2D eigenvalue weighted by Gasteiger charge is 2.17. The highest BCUT2D eigenvalue weighted by molar-refractivity contribution is 7.12. The smallest absolute Gasteiger partial charge is 0.169 e. The maximum Gasteiger partial charge on any atom is 0.169 e. The Morgan fingerprint density at radius 3 is 2.72 bits per heavy atom. The minimum atomic E-state index is 0.0125. The van der Waals surface area contributed by atoms with Crippen molar-refractivity contribution in [3.8, 4) is 22.5 Å². The second kappa shape index (κ2) is 8.20. The van der Waals surface area contributed by atoms with Crippen molar-refractivity contribution in [3.05, 3.63) is 53.0 Å². The largest absolute Gasteiger partial charge is 0.394 e. The Labute approximate surface area is 150 Å². The summed E-state index contributed by atoms with van der Waals surface area (Å²) < 4.78 is 7.42. The number of imidazole rings is 1. The second-order valence-electron chi connectivity index (χ2n) is 5.59. The molecular weight excluding hydrogens is 336 g/mol.